The number of rotatable bonds is 6. The molecule has 2 N–H and O–H groups in total. The SMILES string of the molecule is CC1(C)CCC[C@@]2(C)[C@H]1[C@H](O[Si](C)(C)C(C)(C)C)C=C(CO[Si](C)(C)C(C)(C)C)[C@]2(O)CO. The minimum Gasteiger partial charge on any atom is -0.413 e. The molecular weight excluding hydrogens is 444 g/mol. The van der Waals surface area contributed by atoms with E-state index in [1.165, 1.54) is 0 Å². The fourth-order valence-electron chi connectivity index (χ4n) is 5.70. The second kappa shape index (κ2) is 8.84. The van der Waals surface area contributed by atoms with Crippen molar-refractivity contribution < 1.29 is 19.1 Å². The molecule has 0 aromatic carbocycles. The summed E-state index contributed by atoms with van der Waals surface area (Å²) >= 11 is 0. The first-order valence-electron chi connectivity index (χ1n) is 12.9. The highest BCUT2D eigenvalue weighted by atomic mass is 28.4. The largest absolute Gasteiger partial charge is 0.413 e. The van der Waals surface area contributed by atoms with Crippen molar-refractivity contribution >= 4 is 16.6 Å². The molecule has 0 saturated heterocycles. The normalized spacial score (nSPS) is 33.5. The van der Waals surface area contributed by atoms with Crippen LogP contribution in [0.1, 0.15) is 81.6 Å². The lowest BCUT2D eigenvalue weighted by Crippen LogP contribution is -2.66. The molecule has 0 aromatic rings. The average molecular weight is 499 g/mol. The molecule has 33 heavy (non-hydrogen) atoms. The molecule has 4 nitrogen and oxygen atoms in total. The Morgan fingerprint density at radius 3 is 1.91 bits per heavy atom. The summed E-state index contributed by atoms with van der Waals surface area (Å²) in [5.74, 6) is 0.127. The van der Waals surface area contributed by atoms with Gasteiger partial charge >= 0.3 is 0 Å². The van der Waals surface area contributed by atoms with Gasteiger partial charge in [0, 0.05) is 11.3 Å². The molecule has 0 bridgehead atoms. The first kappa shape index (κ1) is 29.2. The van der Waals surface area contributed by atoms with E-state index in [0.29, 0.717) is 6.61 Å². The van der Waals surface area contributed by atoms with Crippen LogP contribution in [-0.4, -0.2) is 51.8 Å². The van der Waals surface area contributed by atoms with Gasteiger partial charge in [-0.1, -0.05) is 74.8 Å². The molecule has 0 unspecified atom stereocenters. The van der Waals surface area contributed by atoms with E-state index in [4.69, 9.17) is 8.85 Å². The molecule has 0 aliphatic heterocycles. The van der Waals surface area contributed by atoms with Crippen LogP contribution in [0, 0.1) is 16.7 Å². The van der Waals surface area contributed by atoms with Crippen LogP contribution in [0.3, 0.4) is 0 Å². The maximum absolute atomic E-state index is 12.2. The fraction of sp³-hybridized carbons (Fsp3) is 0.926. The molecule has 1 saturated carbocycles. The lowest BCUT2D eigenvalue weighted by atomic mass is 9.46. The number of hydrogen-bond acceptors (Lipinski definition) is 4. The summed E-state index contributed by atoms with van der Waals surface area (Å²) in [4.78, 5) is 0. The first-order chi connectivity index (χ1) is 14.6. The van der Waals surface area contributed by atoms with Gasteiger partial charge in [-0.05, 0) is 60.1 Å². The Morgan fingerprint density at radius 2 is 1.45 bits per heavy atom. The van der Waals surface area contributed by atoms with E-state index in [1.807, 2.05) is 0 Å². The van der Waals surface area contributed by atoms with Crippen LogP contribution >= 0.6 is 0 Å². The maximum Gasteiger partial charge on any atom is 0.192 e. The van der Waals surface area contributed by atoms with Crippen LogP contribution < -0.4 is 0 Å². The summed E-state index contributed by atoms with van der Waals surface area (Å²) < 4.78 is 13.7. The summed E-state index contributed by atoms with van der Waals surface area (Å²) in [6.45, 7) is 29.6. The summed E-state index contributed by atoms with van der Waals surface area (Å²) in [7, 11) is -4.09. The van der Waals surface area contributed by atoms with Gasteiger partial charge in [0.15, 0.2) is 16.6 Å². The molecule has 6 heteroatoms. The van der Waals surface area contributed by atoms with Crippen molar-refractivity contribution in [3.05, 3.63) is 11.6 Å². The van der Waals surface area contributed by atoms with E-state index in [9.17, 15) is 10.2 Å². The molecule has 2 aliphatic carbocycles. The predicted octanol–water partition coefficient (Wildman–Crippen LogP) is 6.89. The second-order valence-corrected chi connectivity index (χ2v) is 24.4. The highest BCUT2D eigenvalue weighted by Crippen LogP contribution is 2.62. The second-order valence-electron chi connectivity index (χ2n) is 14.8. The molecule has 4 atom stereocenters. The van der Waals surface area contributed by atoms with Crippen LogP contribution in [0.5, 0.6) is 0 Å². The zero-order valence-corrected chi connectivity index (χ0v) is 26.0. The summed E-state index contributed by atoms with van der Waals surface area (Å²) in [5.41, 5.74) is -0.955. The minimum atomic E-state index is -2.06. The van der Waals surface area contributed by atoms with Crippen molar-refractivity contribution in [3.63, 3.8) is 0 Å². The standard InChI is InChI=1S/C27H54O4Si2/c1-23(2,3)32(10,11)30-18-20-17-21(31-33(12,13)24(4,5)6)22-25(7,8)15-14-16-26(22,9)27(20,29)19-28/h17,21-22,28-29H,14-16,18-19H2,1-13H3/t21-,22+,26+,27-/m1/s1. The molecule has 0 amide bonds. The van der Waals surface area contributed by atoms with Gasteiger partial charge in [-0.25, -0.2) is 0 Å². The fourth-order valence-corrected chi connectivity index (χ4v) is 7.89. The quantitative estimate of drug-likeness (QED) is 0.309. The monoisotopic (exact) mass is 498 g/mol. The third-order valence-corrected chi connectivity index (χ3v) is 19.0. The van der Waals surface area contributed by atoms with Gasteiger partial charge in [0.1, 0.15) is 5.60 Å². The molecule has 0 radical (unpaired) electrons. The van der Waals surface area contributed by atoms with Gasteiger partial charge < -0.3 is 19.1 Å². The lowest BCUT2D eigenvalue weighted by molar-refractivity contribution is -0.186. The molecule has 194 valence electrons. The van der Waals surface area contributed by atoms with Crippen LogP contribution in [-0.2, 0) is 8.85 Å². The minimum absolute atomic E-state index is 0.00545. The van der Waals surface area contributed by atoms with Gasteiger partial charge in [0.2, 0.25) is 0 Å². The van der Waals surface area contributed by atoms with Crippen LogP contribution in [0.15, 0.2) is 11.6 Å². The predicted molar refractivity (Wildman–Crippen MR) is 145 cm³/mol. The van der Waals surface area contributed by atoms with Gasteiger partial charge in [-0.15, -0.1) is 0 Å². The molecule has 0 heterocycles. The van der Waals surface area contributed by atoms with Crippen molar-refractivity contribution in [2.75, 3.05) is 13.2 Å². The Morgan fingerprint density at radius 1 is 0.939 bits per heavy atom. The molecule has 1 fully saturated rings. The zero-order chi connectivity index (χ0) is 25.9. The van der Waals surface area contributed by atoms with E-state index >= 15 is 0 Å². The molecular formula is C27H54O4Si2. The van der Waals surface area contributed by atoms with E-state index in [1.54, 1.807) is 0 Å². The highest BCUT2D eigenvalue weighted by Gasteiger charge is 2.63. The summed E-state index contributed by atoms with van der Waals surface area (Å²) in [6, 6.07) is 0. The molecule has 0 spiro atoms. The number of aliphatic hydroxyl groups excluding tert-OH is 1. The Labute approximate surface area is 206 Å². The smallest absolute Gasteiger partial charge is 0.192 e. The van der Waals surface area contributed by atoms with Gasteiger partial charge in [0.25, 0.3) is 0 Å². The summed E-state index contributed by atoms with van der Waals surface area (Å²) in [6.07, 6.45) is 5.11. The van der Waals surface area contributed by atoms with Crippen molar-refractivity contribution in [1.29, 1.82) is 0 Å². The van der Waals surface area contributed by atoms with E-state index in [2.05, 4.69) is 94.6 Å². The van der Waals surface area contributed by atoms with Gasteiger partial charge in [0.05, 0.1) is 19.3 Å². The highest BCUT2D eigenvalue weighted by molar-refractivity contribution is 6.74. The maximum atomic E-state index is 12.2. The Hall–Kier alpha value is 0.0138. The van der Waals surface area contributed by atoms with E-state index in [-0.39, 0.29) is 34.1 Å². The molecule has 2 aliphatic rings. The number of aliphatic hydroxyl groups is 2. The summed E-state index contributed by atoms with van der Waals surface area (Å²) in [5, 5.41) is 23.0. The van der Waals surface area contributed by atoms with Crippen molar-refractivity contribution in [3.8, 4) is 0 Å². The Bertz CT molecular complexity index is 744. The lowest BCUT2D eigenvalue weighted by Gasteiger charge is -2.63. The first-order valence-corrected chi connectivity index (χ1v) is 18.7. The van der Waals surface area contributed by atoms with Gasteiger partial charge in [-0.3, -0.25) is 0 Å². The Balaban J connectivity index is 2.62. The van der Waals surface area contributed by atoms with E-state index in [0.717, 1.165) is 24.8 Å². The Kier molecular flexibility index (Phi) is 7.84. The van der Waals surface area contributed by atoms with Crippen LogP contribution in [0.2, 0.25) is 36.3 Å². The van der Waals surface area contributed by atoms with Crippen LogP contribution in [0.25, 0.3) is 0 Å². The van der Waals surface area contributed by atoms with Crippen molar-refractivity contribution in [1.82, 2.24) is 0 Å². The third-order valence-electron chi connectivity index (χ3n) is 10.1. The number of hydrogen-bond donors (Lipinski definition) is 2. The molecule has 2 rings (SSSR count). The third kappa shape index (κ3) is 5.13. The van der Waals surface area contributed by atoms with Crippen molar-refractivity contribution in [2.24, 2.45) is 16.7 Å². The average Bonchev–Trinajstić information content (AvgIpc) is 2.60. The molecule has 0 aromatic heterocycles. The van der Waals surface area contributed by atoms with Crippen molar-refractivity contribution in [2.45, 2.75) is 130 Å². The van der Waals surface area contributed by atoms with Gasteiger partial charge in [-0.2, -0.15) is 0 Å². The number of fused-ring (bicyclic) bond motifs is 1. The topological polar surface area (TPSA) is 58.9 Å². The van der Waals surface area contributed by atoms with Crippen LogP contribution in [0.4, 0.5) is 0 Å². The van der Waals surface area contributed by atoms with E-state index < -0.39 is 27.7 Å². The zero-order valence-electron chi connectivity index (χ0n) is 24.0.